The van der Waals surface area contributed by atoms with E-state index in [1.54, 1.807) is 0 Å². The highest BCUT2D eigenvalue weighted by atomic mass is 79.9. The van der Waals surface area contributed by atoms with E-state index in [0.717, 1.165) is 22.9 Å². The molecule has 0 atom stereocenters. The van der Waals surface area contributed by atoms with Gasteiger partial charge in [-0.3, -0.25) is 9.59 Å². The van der Waals surface area contributed by atoms with Crippen molar-refractivity contribution in [1.82, 2.24) is 10.2 Å². The molecule has 0 radical (unpaired) electrons. The van der Waals surface area contributed by atoms with Crippen LogP contribution in [0, 0.1) is 0 Å². The van der Waals surface area contributed by atoms with Crippen molar-refractivity contribution in [3.63, 3.8) is 0 Å². The Labute approximate surface area is 173 Å². The summed E-state index contributed by atoms with van der Waals surface area (Å²) in [4.78, 5) is 26.7. The fourth-order valence-electron chi connectivity index (χ4n) is 3.24. The zero-order chi connectivity index (χ0) is 19.2. The molecule has 6 heteroatoms. The van der Waals surface area contributed by atoms with Crippen molar-refractivity contribution < 1.29 is 9.59 Å². The third-order valence-electron chi connectivity index (χ3n) is 4.81. The van der Waals surface area contributed by atoms with Crippen LogP contribution in [0.5, 0.6) is 0 Å². The Morgan fingerprint density at radius 1 is 1.07 bits per heavy atom. The van der Waals surface area contributed by atoms with Crippen molar-refractivity contribution in [3.8, 4) is 0 Å². The molecular weight excluding hydrogens is 428 g/mol. The molecule has 2 aromatic carbocycles. The van der Waals surface area contributed by atoms with E-state index in [1.807, 2.05) is 53.4 Å². The summed E-state index contributed by atoms with van der Waals surface area (Å²) in [5, 5.41) is 3.80. The first-order valence-electron chi connectivity index (χ1n) is 9.10. The first kappa shape index (κ1) is 19.9. The van der Waals surface area contributed by atoms with E-state index in [-0.39, 0.29) is 17.9 Å². The van der Waals surface area contributed by atoms with E-state index in [0.29, 0.717) is 36.5 Å². The number of carbonyl (C=O) groups is 2. The van der Waals surface area contributed by atoms with Gasteiger partial charge in [0, 0.05) is 35.0 Å². The van der Waals surface area contributed by atoms with Crippen LogP contribution >= 0.6 is 27.5 Å². The van der Waals surface area contributed by atoms with Crippen molar-refractivity contribution >= 4 is 39.3 Å². The summed E-state index contributed by atoms with van der Waals surface area (Å²) < 4.78 is 0.813. The van der Waals surface area contributed by atoms with Crippen molar-refractivity contribution in [1.29, 1.82) is 0 Å². The predicted molar refractivity (Wildman–Crippen MR) is 111 cm³/mol. The monoisotopic (exact) mass is 448 g/mol. The summed E-state index contributed by atoms with van der Waals surface area (Å²) in [7, 11) is 0. The molecule has 1 heterocycles. The molecule has 0 aliphatic carbocycles. The minimum Gasteiger partial charge on any atom is -0.353 e. The maximum Gasteiger partial charge on any atom is 0.254 e. The lowest BCUT2D eigenvalue weighted by Crippen LogP contribution is -2.46. The molecule has 27 heavy (non-hydrogen) atoms. The number of piperidine rings is 1. The normalized spacial score (nSPS) is 14.8. The van der Waals surface area contributed by atoms with Gasteiger partial charge in [0.15, 0.2) is 0 Å². The first-order valence-corrected chi connectivity index (χ1v) is 10.3. The summed E-state index contributed by atoms with van der Waals surface area (Å²) in [6.07, 6.45) is 2.71. The number of halogens is 2. The fraction of sp³-hybridized carbons (Fsp3) is 0.333. The van der Waals surface area contributed by atoms with Crippen molar-refractivity contribution in [2.45, 2.75) is 31.7 Å². The van der Waals surface area contributed by atoms with Gasteiger partial charge in [-0.2, -0.15) is 0 Å². The predicted octanol–water partition coefficient (Wildman–Crippen LogP) is 4.46. The van der Waals surface area contributed by atoms with Gasteiger partial charge in [0.2, 0.25) is 5.91 Å². The Morgan fingerprint density at radius 2 is 1.74 bits per heavy atom. The summed E-state index contributed by atoms with van der Waals surface area (Å²) in [6, 6.07) is 15.2. The van der Waals surface area contributed by atoms with Crippen LogP contribution in [0.3, 0.4) is 0 Å². The second-order valence-electron chi connectivity index (χ2n) is 6.74. The van der Waals surface area contributed by atoms with E-state index in [1.165, 1.54) is 0 Å². The number of hydrogen-bond acceptors (Lipinski definition) is 2. The molecule has 1 N–H and O–H groups in total. The van der Waals surface area contributed by atoms with Gasteiger partial charge in [-0.15, -0.1) is 0 Å². The number of carbonyl (C=O) groups excluding carboxylic acids is 2. The molecule has 2 amide bonds. The third-order valence-corrected chi connectivity index (χ3v) is 5.75. The lowest BCUT2D eigenvalue weighted by Gasteiger charge is -2.32. The lowest BCUT2D eigenvalue weighted by molar-refractivity contribution is -0.122. The molecule has 0 spiro atoms. The van der Waals surface area contributed by atoms with Crippen LogP contribution in [0.25, 0.3) is 0 Å². The van der Waals surface area contributed by atoms with Gasteiger partial charge in [-0.1, -0.05) is 35.9 Å². The minimum absolute atomic E-state index is 0.0370. The molecule has 3 rings (SSSR count). The van der Waals surface area contributed by atoms with Gasteiger partial charge in [0.25, 0.3) is 5.91 Å². The Bertz CT molecular complexity index is 802. The highest BCUT2D eigenvalue weighted by Gasteiger charge is 2.25. The molecule has 142 valence electrons. The van der Waals surface area contributed by atoms with Gasteiger partial charge < -0.3 is 10.2 Å². The smallest absolute Gasteiger partial charge is 0.254 e. The quantitative estimate of drug-likeness (QED) is 0.733. The van der Waals surface area contributed by atoms with E-state index in [4.69, 9.17) is 11.6 Å². The van der Waals surface area contributed by atoms with Crippen molar-refractivity contribution in [2.24, 2.45) is 0 Å². The standard InChI is InChI=1S/C21H22BrClN2O2/c22-19-4-2-1-3-18(19)21(27)25-13-11-17(12-14-25)24-20(26)10-7-15-5-8-16(23)9-6-15/h1-6,8-9,17H,7,10-14H2,(H,24,26). The number of hydrogen-bond donors (Lipinski definition) is 1. The SMILES string of the molecule is O=C(CCc1ccc(Cl)cc1)NC1CCN(C(=O)c2ccccc2Br)CC1. The number of aryl methyl sites for hydroxylation is 1. The molecule has 2 aromatic rings. The molecule has 1 fully saturated rings. The summed E-state index contributed by atoms with van der Waals surface area (Å²) in [6.45, 7) is 1.31. The van der Waals surface area contributed by atoms with Crippen LogP contribution in [0.4, 0.5) is 0 Å². The van der Waals surface area contributed by atoms with Gasteiger partial charge >= 0.3 is 0 Å². The highest BCUT2D eigenvalue weighted by molar-refractivity contribution is 9.10. The Kier molecular flexibility index (Phi) is 6.91. The van der Waals surface area contributed by atoms with Gasteiger partial charge in [-0.05, 0) is 65.0 Å². The highest BCUT2D eigenvalue weighted by Crippen LogP contribution is 2.20. The maximum absolute atomic E-state index is 12.6. The molecule has 0 unspecified atom stereocenters. The Hall–Kier alpha value is -1.85. The zero-order valence-corrected chi connectivity index (χ0v) is 17.3. The van der Waals surface area contributed by atoms with Gasteiger partial charge in [0.05, 0.1) is 5.56 Å². The minimum atomic E-state index is 0.0370. The second-order valence-corrected chi connectivity index (χ2v) is 8.03. The van der Waals surface area contributed by atoms with Crippen LogP contribution in [-0.4, -0.2) is 35.8 Å². The Balaban J connectivity index is 1.43. The molecule has 1 saturated heterocycles. The maximum atomic E-state index is 12.6. The van der Waals surface area contributed by atoms with E-state index >= 15 is 0 Å². The van der Waals surface area contributed by atoms with E-state index in [9.17, 15) is 9.59 Å². The van der Waals surface area contributed by atoms with Crippen molar-refractivity contribution in [2.75, 3.05) is 13.1 Å². The van der Waals surface area contributed by atoms with Crippen LogP contribution in [0.1, 0.15) is 35.2 Å². The molecule has 0 bridgehead atoms. The van der Waals surface area contributed by atoms with Crippen LogP contribution in [-0.2, 0) is 11.2 Å². The largest absolute Gasteiger partial charge is 0.353 e. The number of rotatable bonds is 5. The molecule has 1 aliphatic rings. The van der Waals surface area contributed by atoms with Crippen LogP contribution in [0.15, 0.2) is 53.0 Å². The zero-order valence-electron chi connectivity index (χ0n) is 15.0. The van der Waals surface area contributed by atoms with E-state index in [2.05, 4.69) is 21.2 Å². The molecular formula is C21H22BrClN2O2. The summed E-state index contributed by atoms with van der Waals surface area (Å²) in [5.41, 5.74) is 1.78. The molecule has 4 nitrogen and oxygen atoms in total. The number of nitrogens with one attached hydrogen (secondary N) is 1. The number of benzene rings is 2. The molecule has 0 saturated carbocycles. The first-order chi connectivity index (χ1) is 13.0. The number of amides is 2. The van der Waals surface area contributed by atoms with E-state index < -0.39 is 0 Å². The fourth-order valence-corrected chi connectivity index (χ4v) is 3.82. The average molecular weight is 450 g/mol. The molecule has 0 aromatic heterocycles. The topological polar surface area (TPSA) is 49.4 Å². The summed E-state index contributed by atoms with van der Waals surface area (Å²) in [5.74, 6) is 0.0931. The number of nitrogens with zero attached hydrogens (tertiary/aromatic N) is 1. The van der Waals surface area contributed by atoms with Crippen molar-refractivity contribution in [3.05, 3.63) is 69.2 Å². The van der Waals surface area contributed by atoms with Gasteiger partial charge in [-0.25, -0.2) is 0 Å². The molecule has 1 aliphatic heterocycles. The third kappa shape index (κ3) is 5.56. The van der Waals surface area contributed by atoms with Crippen LogP contribution in [0.2, 0.25) is 5.02 Å². The average Bonchev–Trinajstić information content (AvgIpc) is 2.68. The summed E-state index contributed by atoms with van der Waals surface area (Å²) >= 11 is 9.31. The lowest BCUT2D eigenvalue weighted by atomic mass is 10.0. The Morgan fingerprint density at radius 3 is 2.41 bits per heavy atom. The van der Waals surface area contributed by atoms with Gasteiger partial charge in [0.1, 0.15) is 0 Å². The second kappa shape index (κ2) is 9.38. The number of likely N-dealkylation sites (tertiary alicyclic amines) is 1. The van der Waals surface area contributed by atoms with Crippen LogP contribution < -0.4 is 5.32 Å².